The maximum absolute atomic E-state index is 12.2. The Morgan fingerprint density at radius 2 is 2.10 bits per heavy atom. The van der Waals surface area contributed by atoms with E-state index in [0.717, 1.165) is 0 Å². The van der Waals surface area contributed by atoms with Crippen LogP contribution in [0.3, 0.4) is 0 Å². The molecule has 0 aliphatic rings. The molecule has 0 spiro atoms. The Kier molecular flexibility index (Phi) is 4.29. The van der Waals surface area contributed by atoms with Gasteiger partial charge >= 0.3 is 0 Å². The molecule has 20 heavy (non-hydrogen) atoms. The summed E-state index contributed by atoms with van der Waals surface area (Å²) in [4.78, 5) is 31.6. The molecule has 0 aliphatic heterocycles. The molecular formula is C13H18N4O3. The smallest absolute Gasteiger partial charge is 0.281 e. The summed E-state index contributed by atoms with van der Waals surface area (Å²) in [6.07, 6.45) is 3.84. The second kappa shape index (κ2) is 5.96. The van der Waals surface area contributed by atoms with Crippen molar-refractivity contribution >= 4 is 16.9 Å². The van der Waals surface area contributed by atoms with Crippen LogP contribution in [0.25, 0.3) is 11.2 Å². The van der Waals surface area contributed by atoms with Crippen LogP contribution in [0.15, 0.2) is 17.4 Å². The molecule has 2 rings (SSSR count). The number of imidazole rings is 1. The molecule has 0 aromatic carbocycles. The van der Waals surface area contributed by atoms with E-state index in [0.29, 0.717) is 24.1 Å². The van der Waals surface area contributed by atoms with Crippen LogP contribution in [0, 0.1) is 0 Å². The van der Waals surface area contributed by atoms with Crippen molar-refractivity contribution in [3.8, 4) is 0 Å². The van der Waals surface area contributed by atoms with Gasteiger partial charge in [0.2, 0.25) is 0 Å². The summed E-state index contributed by atoms with van der Waals surface area (Å²) in [5, 5.41) is 8.64. The highest BCUT2D eigenvalue weighted by molar-refractivity contribution is 5.79. The van der Waals surface area contributed by atoms with Crippen molar-refractivity contribution in [2.75, 3.05) is 6.61 Å². The topological polar surface area (TPSA) is 90.0 Å². The van der Waals surface area contributed by atoms with Gasteiger partial charge in [0.15, 0.2) is 16.9 Å². The Morgan fingerprint density at radius 3 is 2.75 bits per heavy atom. The number of fused-ring (bicyclic) bond motifs is 1. The second-order valence-corrected chi connectivity index (χ2v) is 4.96. The molecule has 0 aliphatic carbocycles. The van der Waals surface area contributed by atoms with Gasteiger partial charge in [-0.1, -0.05) is 0 Å². The predicted octanol–water partition coefficient (Wildman–Crippen LogP) is 0.515. The molecule has 1 N–H and O–H groups in total. The molecule has 0 amide bonds. The first-order chi connectivity index (χ1) is 9.54. The van der Waals surface area contributed by atoms with E-state index in [9.17, 15) is 9.59 Å². The van der Waals surface area contributed by atoms with Gasteiger partial charge in [0.05, 0.1) is 6.33 Å². The first-order valence-electron chi connectivity index (χ1n) is 6.59. The van der Waals surface area contributed by atoms with Gasteiger partial charge in [0, 0.05) is 19.0 Å². The van der Waals surface area contributed by atoms with Crippen molar-refractivity contribution in [2.24, 2.45) is 0 Å². The number of Topliss-reactive ketones (excluding diaryl/α,β-unsaturated/α-hetero) is 1. The lowest BCUT2D eigenvalue weighted by Gasteiger charge is -2.08. The third kappa shape index (κ3) is 2.77. The van der Waals surface area contributed by atoms with E-state index in [1.165, 1.54) is 10.9 Å². The molecule has 2 aromatic rings. The molecule has 7 heteroatoms. The predicted molar refractivity (Wildman–Crippen MR) is 73.5 cm³/mol. The Labute approximate surface area is 115 Å². The maximum atomic E-state index is 12.2. The Balaban J connectivity index is 2.22. The van der Waals surface area contributed by atoms with Crippen LogP contribution >= 0.6 is 0 Å². The molecule has 7 nitrogen and oxygen atoms in total. The minimum Gasteiger partial charge on any atom is -0.389 e. The molecule has 2 heterocycles. The maximum Gasteiger partial charge on any atom is 0.281 e. The van der Waals surface area contributed by atoms with E-state index in [1.54, 1.807) is 6.33 Å². The molecule has 0 bridgehead atoms. The van der Waals surface area contributed by atoms with Crippen LogP contribution < -0.4 is 5.56 Å². The molecule has 0 radical (unpaired) electrons. The van der Waals surface area contributed by atoms with E-state index >= 15 is 0 Å². The first-order valence-corrected chi connectivity index (χ1v) is 6.59. The zero-order valence-electron chi connectivity index (χ0n) is 11.6. The number of hydrogen-bond acceptors (Lipinski definition) is 5. The van der Waals surface area contributed by atoms with Crippen molar-refractivity contribution < 1.29 is 9.90 Å². The molecule has 0 saturated carbocycles. The minimum atomic E-state index is -0.453. The summed E-state index contributed by atoms with van der Waals surface area (Å²) >= 11 is 0. The van der Waals surface area contributed by atoms with E-state index in [1.807, 2.05) is 18.4 Å². The summed E-state index contributed by atoms with van der Waals surface area (Å²) in [6.45, 7) is 3.93. The number of rotatable bonds is 6. The number of carbonyl (C=O) groups is 1. The standard InChI is InChI=1S/C13H18N4O3/c1-9(2)17-8-14-11-12(17)15-7-16(13(11)20)5-3-4-10(19)6-18/h7-9,18H,3-6H2,1-2H3. The zero-order valence-corrected chi connectivity index (χ0v) is 11.6. The van der Waals surface area contributed by atoms with Crippen LogP contribution in [0.1, 0.15) is 32.7 Å². The third-order valence-corrected chi connectivity index (χ3v) is 3.14. The van der Waals surface area contributed by atoms with Crippen LogP contribution in [0.5, 0.6) is 0 Å². The van der Waals surface area contributed by atoms with E-state index < -0.39 is 6.61 Å². The molecule has 0 unspecified atom stereocenters. The van der Waals surface area contributed by atoms with Gasteiger partial charge in [-0.15, -0.1) is 0 Å². The molecule has 0 atom stereocenters. The average Bonchev–Trinajstić information content (AvgIpc) is 2.86. The van der Waals surface area contributed by atoms with Gasteiger partial charge in [-0.3, -0.25) is 14.2 Å². The highest BCUT2D eigenvalue weighted by Crippen LogP contribution is 2.11. The van der Waals surface area contributed by atoms with Crippen LogP contribution in [0.4, 0.5) is 0 Å². The monoisotopic (exact) mass is 278 g/mol. The highest BCUT2D eigenvalue weighted by atomic mass is 16.3. The first kappa shape index (κ1) is 14.4. The molecule has 0 fully saturated rings. The number of hydrogen-bond donors (Lipinski definition) is 1. The number of nitrogens with zero attached hydrogens (tertiary/aromatic N) is 4. The molecule has 108 valence electrons. The van der Waals surface area contributed by atoms with Gasteiger partial charge in [-0.05, 0) is 20.3 Å². The Hall–Kier alpha value is -2.02. The molecular weight excluding hydrogens is 260 g/mol. The van der Waals surface area contributed by atoms with Gasteiger partial charge in [-0.2, -0.15) is 0 Å². The van der Waals surface area contributed by atoms with Crippen molar-refractivity contribution in [3.63, 3.8) is 0 Å². The van der Waals surface area contributed by atoms with Gasteiger partial charge in [-0.25, -0.2) is 9.97 Å². The highest BCUT2D eigenvalue weighted by Gasteiger charge is 2.12. The van der Waals surface area contributed by atoms with Gasteiger partial charge in [0.25, 0.3) is 5.56 Å². The second-order valence-electron chi connectivity index (χ2n) is 4.96. The molecule has 0 saturated heterocycles. The van der Waals surface area contributed by atoms with Crippen LogP contribution in [-0.4, -0.2) is 36.6 Å². The van der Waals surface area contributed by atoms with Crippen molar-refractivity contribution in [2.45, 2.75) is 39.3 Å². The largest absolute Gasteiger partial charge is 0.389 e. The van der Waals surface area contributed by atoms with Crippen molar-refractivity contribution in [1.29, 1.82) is 0 Å². The average molecular weight is 278 g/mol. The fourth-order valence-electron chi connectivity index (χ4n) is 2.01. The fraction of sp³-hybridized carbons (Fsp3) is 0.538. The number of aryl methyl sites for hydroxylation is 1. The minimum absolute atomic E-state index is 0.185. The number of aliphatic hydroxyl groups is 1. The van der Waals surface area contributed by atoms with E-state index in [2.05, 4.69) is 9.97 Å². The zero-order chi connectivity index (χ0) is 14.7. The normalized spacial score (nSPS) is 11.4. The summed E-state index contributed by atoms with van der Waals surface area (Å²) in [7, 11) is 0. The number of carbonyl (C=O) groups excluding carboxylic acids is 1. The fourth-order valence-corrected chi connectivity index (χ4v) is 2.01. The Morgan fingerprint density at radius 1 is 1.35 bits per heavy atom. The molecule has 2 aromatic heterocycles. The third-order valence-electron chi connectivity index (χ3n) is 3.14. The quantitative estimate of drug-likeness (QED) is 0.831. The summed E-state index contributed by atoms with van der Waals surface area (Å²) in [6, 6.07) is 0.185. The van der Waals surface area contributed by atoms with Crippen molar-refractivity contribution in [1.82, 2.24) is 19.1 Å². The SMILES string of the molecule is CC(C)n1cnc2c(=O)n(CCCC(=O)CO)cnc21. The van der Waals surface area contributed by atoms with E-state index in [4.69, 9.17) is 5.11 Å². The van der Waals surface area contributed by atoms with E-state index in [-0.39, 0.29) is 23.8 Å². The van der Waals surface area contributed by atoms with Gasteiger partial charge < -0.3 is 9.67 Å². The van der Waals surface area contributed by atoms with Crippen LogP contribution in [0.2, 0.25) is 0 Å². The van der Waals surface area contributed by atoms with Gasteiger partial charge in [0.1, 0.15) is 12.9 Å². The van der Waals surface area contributed by atoms with Crippen molar-refractivity contribution in [3.05, 3.63) is 23.0 Å². The summed E-state index contributed by atoms with van der Waals surface area (Å²) in [5.41, 5.74) is 0.716. The number of aromatic nitrogens is 4. The summed E-state index contributed by atoms with van der Waals surface area (Å²) < 4.78 is 3.29. The number of aliphatic hydroxyl groups excluding tert-OH is 1. The van der Waals surface area contributed by atoms with Crippen LogP contribution in [-0.2, 0) is 11.3 Å². The lowest BCUT2D eigenvalue weighted by molar-refractivity contribution is -0.121. The lowest BCUT2D eigenvalue weighted by atomic mass is 10.2. The Bertz CT molecular complexity index is 672. The lowest BCUT2D eigenvalue weighted by Crippen LogP contribution is -2.22. The number of ketones is 1. The summed E-state index contributed by atoms with van der Waals surface area (Å²) in [5.74, 6) is -0.226.